The molecule has 1 fully saturated rings. The smallest absolute Gasteiger partial charge is 0.264 e. The molecule has 97 valence electrons. The lowest BCUT2D eigenvalue weighted by Crippen LogP contribution is -1.98. The maximum Gasteiger partial charge on any atom is 0.264 e. The third-order valence-corrected chi connectivity index (χ3v) is 3.17. The summed E-state index contributed by atoms with van der Waals surface area (Å²) < 4.78 is 25.4. The summed E-state index contributed by atoms with van der Waals surface area (Å²) in [6.45, 7) is 0.0697. The molecule has 2 rings (SSSR count). The minimum Gasteiger partial charge on any atom is -0.391 e. The van der Waals surface area contributed by atoms with Gasteiger partial charge in [0.1, 0.15) is 12.8 Å². The lowest BCUT2D eigenvalue weighted by atomic mass is 10.1. The van der Waals surface area contributed by atoms with Crippen molar-refractivity contribution in [1.82, 2.24) is 0 Å². The van der Waals surface area contributed by atoms with E-state index in [1.165, 1.54) is 18.9 Å². The second-order valence-electron chi connectivity index (χ2n) is 4.47. The zero-order valence-electron chi connectivity index (χ0n) is 10.1. The molecular weight excluding hydrogens is 236 g/mol. The second-order valence-corrected chi connectivity index (χ2v) is 4.47. The number of alkyl halides is 2. The van der Waals surface area contributed by atoms with Gasteiger partial charge in [-0.25, -0.2) is 8.78 Å². The summed E-state index contributed by atoms with van der Waals surface area (Å²) in [6, 6.07) is 6.36. The van der Waals surface area contributed by atoms with Crippen LogP contribution in [0.15, 0.2) is 29.4 Å². The van der Waals surface area contributed by atoms with Gasteiger partial charge in [-0.05, 0) is 12.8 Å². The highest BCUT2D eigenvalue weighted by atomic mass is 19.3. The molecule has 0 atom stereocenters. The lowest BCUT2D eigenvalue weighted by Gasteiger charge is -2.07. The molecule has 0 saturated heterocycles. The van der Waals surface area contributed by atoms with Crippen molar-refractivity contribution < 1.29 is 13.6 Å². The molecule has 1 radical (unpaired) electrons. The van der Waals surface area contributed by atoms with Crippen molar-refractivity contribution in [1.29, 1.82) is 0 Å². The Labute approximate surface area is 106 Å². The van der Waals surface area contributed by atoms with Gasteiger partial charge in [-0.2, -0.15) is 0 Å². The minimum absolute atomic E-state index is 0.00793. The number of halogens is 2. The number of hydrogen-bond acceptors (Lipinski definition) is 2. The van der Waals surface area contributed by atoms with Crippen molar-refractivity contribution in [3.8, 4) is 0 Å². The van der Waals surface area contributed by atoms with Crippen LogP contribution in [0.1, 0.15) is 43.2 Å². The Morgan fingerprint density at radius 1 is 1.28 bits per heavy atom. The van der Waals surface area contributed by atoms with Crippen LogP contribution in [-0.4, -0.2) is 6.21 Å². The normalized spacial score (nSPS) is 16.8. The topological polar surface area (TPSA) is 21.6 Å². The Bertz CT molecular complexity index is 401. The fraction of sp³-hybridized carbons (Fsp3) is 0.500. The van der Waals surface area contributed by atoms with Crippen LogP contribution < -0.4 is 0 Å². The second kappa shape index (κ2) is 6.47. The molecule has 0 spiro atoms. The van der Waals surface area contributed by atoms with E-state index in [0.29, 0.717) is 11.5 Å². The first kappa shape index (κ1) is 13.0. The van der Waals surface area contributed by atoms with E-state index in [-0.39, 0.29) is 12.2 Å². The summed E-state index contributed by atoms with van der Waals surface area (Å²) in [5.41, 5.74) is 0.484. The molecular formula is C14H16F2NO. The first-order valence-corrected chi connectivity index (χ1v) is 6.21. The predicted molar refractivity (Wildman–Crippen MR) is 65.6 cm³/mol. The number of benzene rings is 1. The average Bonchev–Trinajstić information content (AvgIpc) is 2.88. The average molecular weight is 252 g/mol. The molecule has 0 aliphatic heterocycles. The van der Waals surface area contributed by atoms with E-state index in [4.69, 9.17) is 4.84 Å². The van der Waals surface area contributed by atoms with Gasteiger partial charge >= 0.3 is 0 Å². The van der Waals surface area contributed by atoms with Crippen LogP contribution in [0.4, 0.5) is 8.78 Å². The van der Waals surface area contributed by atoms with Crippen LogP contribution in [0, 0.1) is 5.92 Å². The first-order chi connectivity index (χ1) is 8.77. The van der Waals surface area contributed by atoms with Gasteiger partial charge < -0.3 is 4.84 Å². The van der Waals surface area contributed by atoms with Crippen LogP contribution in [0.2, 0.25) is 0 Å². The van der Waals surface area contributed by atoms with Crippen molar-refractivity contribution in [2.24, 2.45) is 11.1 Å². The third kappa shape index (κ3) is 3.52. The van der Waals surface area contributed by atoms with Gasteiger partial charge in [0, 0.05) is 17.0 Å². The highest BCUT2D eigenvalue weighted by Gasteiger charge is 2.14. The van der Waals surface area contributed by atoms with Gasteiger partial charge in [0.15, 0.2) is 0 Å². The molecule has 1 aliphatic carbocycles. The van der Waals surface area contributed by atoms with Gasteiger partial charge in [-0.15, -0.1) is 0 Å². The van der Waals surface area contributed by atoms with Gasteiger partial charge in [0.2, 0.25) is 0 Å². The molecule has 1 aromatic rings. The molecule has 2 nitrogen and oxygen atoms in total. The van der Waals surface area contributed by atoms with E-state index < -0.39 is 6.43 Å². The highest BCUT2D eigenvalue weighted by molar-refractivity contribution is 5.60. The Hall–Kier alpha value is -1.45. The largest absolute Gasteiger partial charge is 0.391 e. The maximum atomic E-state index is 12.7. The van der Waals surface area contributed by atoms with E-state index in [1.807, 2.05) is 0 Å². The Kier molecular flexibility index (Phi) is 4.67. The van der Waals surface area contributed by atoms with Crippen molar-refractivity contribution in [2.75, 3.05) is 0 Å². The molecule has 18 heavy (non-hydrogen) atoms. The molecule has 1 aliphatic rings. The van der Waals surface area contributed by atoms with Crippen molar-refractivity contribution in [2.45, 2.75) is 38.7 Å². The SMILES string of the molecule is FC(F)c1ccccc1CO/N=[C]\C1CCCC1. The molecule has 1 aromatic carbocycles. The summed E-state index contributed by atoms with van der Waals surface area (Å²) in [4.78, 5) is 5.05. The Morgan fingerprint density at radius 3 is 2.72 bits per heavy atom. The quantitative estimate of drug-likeness (QED) is 0.568. The molecule has 0 unspecified atom stereocenters. The molecule has 1 saturated carbocycles. The van der Waals surface area contributed by atoms with Crippen LogP contribution in [0.25, 0.3) is 0 Å². The Balaban J connectivity index is 1.86. The molecule has 0 amide bonds. The van der Waals surface area contributed by atoms with Gasteiger partial charge in [-0.1, -0.05) is 42.3 Å². The standard InChI is InChI=1S/C14H16F2NO/c15-14(16)13-8-4-3-7-12(13)10-18-17-9-11-5-1-2-6-11/h3-4,7-8,11,14H,1-2,5-6,10H2. The molecule has 0 N–H and O–H groups in total. The number of hydrogen-bond donors (Lipinski definition) is 0. The van der Waals surface area contributed by atoms with E-state index in [0.717, 1.165) is 12.8 Å². The van der Waals surface area contributed by atoms with Crippen molar-refractivity contribution >= 4 is 6.21 Å². The van der Waals surface area contributed by atoms with Crippen LogP contribution >= 0.6 is 0 Å². The predicted octanol–water partition coefficient (Wildman–Crippen LogP) is 4.19. The first-order valence-electron chi connectivity index (χ1n) is 6.21. The zero-order valence-corrected chi connectivity index (χ0v) is 10.1. The monoisotopic (exact) mass is 252 g/mol. The van der Waals surface area contributed by atoms with E-state index in [9.17, 15) is 8.78 Å². The van der Waals surface area contributed by atoms with Crippen molar-refractivity contribution in [3.05, 3.63) is 35.4 Å². The number of rotatable bonds is 5. The minimum atomic E-state index is -2.48. The van der Waals surface area contributed by atoms with Crippen LogP contribution in [-0.2, 0) is 11.4 Å². The van der Waals surface area contributed by atoms with Gasteiger partial charge in [-0.3, -0.25) is 0 Å². The van der Waals surface area contributed by atoms with Crippen LogP contribution in [0.5, 0.6) is 0 Å². The molecule has 0 aromatic heterocycles. The molecule has 4 heteroatoms. The number of nitrogens with zero attached hydrogens (tertiary/aromatic N) is 1. The van der Waals surface area contributed by atoms with E-state index in [2.05, 4.69) is 11.4 Å². The van der Waals surface area contributed by atoms with E-state index >= 15 is 0 Å². The van der Waals surface area contributed by atoms with Gasteiger partial charge in [0.05, 0.1) is 0 Å². The fourth-order valence-corrected chi connectivity index (χ4v) is 2.15. The third-order valence-electron chi connectivity index (χ3n) is 3.17. The summed E-state index contributed by atoms with van der Waals surface area (Å²) in [5, 5.41) is 3.75. The highest BCUT2D eigenvalue weighted by Crippen LogP contribution is 2.24. The lowest BCUT2D eigenvalue weighted by molar-refractivity contribution is 0.119. The molecule has 0 bridgehead atoms. The summed E-state index contributed by atoms with van der Waals surface area (Å²) in [7, 11) is 0. The van der Waals surface area contributed by atoms with Gasteiger partial charge in [0.25, 0.3) is 6.43 Å². The summed E-state index contributed by atoms with van der Waals surface area (Å²) in [5.74, 6) is 0.371. The fourth-order valence-electron chi connectivity index (χ4n) is 2.15. The summed E-state index contributed by atoms with van der Waals surface area (Å²) in [6.07, 6.45) is 5.05. The Morgan fingerprint density at radius 2 is 2.00 bits per heavy atom. The maximum absolute atomic E-state index is 12.7. The van der Waals surface area contributed by atoms with Crippen molar-refractivity contribution in [3.63, 3.8) is 0 Å². The van der Waals surface area contributed by atoms with E-state index in [1.54, 1.807) is 18.2 Å². The summed E-state index contributed by atoms with van der Waals surface area (Å²) >= 11 is 0. The molecule has 0 heterocycles. The van der Waals surface area contributed by atoms with Crippen LogP contribution in [0.3, 0.4) is 0 Å². The zero-order chi connectivity index (χ0) is 12.8.